The van der Waals surface area contributed by atoms with Gasteiger partial charge in [0.05, 0.1) is 11.4 Å². The summed E-state index contributed by atoms with van der Waals surface area (Å²) in [5.41, 5.74) is 4.21. The lowest BCUT2D eigenvalue weighted by atomic mass is 9.92. The molecule has 0 saturated heterocycles. The summed E-state index contributed by atoms with van der Waals surface area (Å²) in [6.45, 7) is 5.20. The van der Waals surface area contributed by atoms with Gasteiger partial charge in [0.25, 0.3) is 0 Å². The molecule has 2 aromatic carbocycles. The standard InChI is InChI=1S/C26H29F3N8S/c1-16(2)15-37(18-8-4-3-5-9-18)22-13-12-17(19-10-6-7-11-20(19)23-32-35-36-33-23)14-21(22)30-25-31-24(34-38-25)26(27,28)29/h6-7,10-14,16,18H,3-5,8-9,15H2,1-2H3,(H,30,31,34)(H,32,33,35,36). The van der Waals surface area contributed by atoms with Gasteiger partial charge in [-0.15, -0.1) is 5.10 Å². The van der Waals surface area contributed by atoms with Crippen molar-refractivity contribution in [3.63, 3.8) is 0 Å². The van der Waals surface area contributed by atoms with E-state index in [4.69, 9.17) is 0 Å². The Morgan fingerprint density at radius 1 is 1.08 bits per heavy atom. The predicted octanol–water partition coefficient (Wildman–Crippen LogP) is 6.94. The van der Waals surface area contributed by atoms with Gasteiger partial charge >= 0.3 is 6.18 Å². The van der Waals surface area contributed by atoms with E-state index in [9.17, 15) is 13.2 Å². The molecule has 1 saturated carbocycles. The van der Waals surface area contributed by atoms with E-state index in [1.54, 1.807) is 0 Å². The third-order valence-electron chi connectivity index (χ3n) is 6.64. The van der Waals surface area contributed by atoms with Crippen LogP contribution in [0.4, 0.5) is 29.7 Å². The highest BCUT2D eigenvalue weighted by atomic mass is 32.1. The Bertz CT molecular complexity index is 1350. The zero-order valence-corrected chi connectivity index (χ0v) is 22.0. The minimum atomic E-state index is -4.60. The van der Waals surface area contributed by atoms with E-state index in [2.05, 4.69) is 60.1 Å². The van der Waals surface area contributed by atoms with Gasteiger partial charge in [-0.1, -0.05) is 63.4 Å². The number of hydrogen-bond donors (Lipinski definition) is 2. The molecule has 2 heterocycles. The first-order valence-corrected chi connectivity index (χ1v) is 13.5. The van der Waals surface area contributed by atoms with Crippen molar-refractivity contribution < 1.29 is 13.2 Å². The van der Waals surface area contributed by atoms with Gasteiger partial charge in [0.1, 0.15) is 0 Å². The average molecular weight is 543 g/mol. The Hall–Kier alpha value is -3.54. The van der Waals surface area contributed by atoms with Gasteiger partial charge in [-0.05, 0) is 52.4 Å². The molecule has 0 spiro atoms. The molecule has 38 heavy (non-hydrogen) atoms. The van der Waals surface area contributed by atoms with Crippen molar-refractivity contribution in [1.82, 2.24) is 30.0 Å². The predicted molar refractivity (Wildman–Crippen MR) is 142 cm³/mol. The smallest absolute Gasteiger partial charge is 0.367 e. The van der Waals surface area contributed by atoms with Gasteiger partial charge in [-0.25, -0.2) is 5.10 Å². The Morgan fingerprint density at radius 2 is 1.84 bits per heavy atom. The van der Waals surface area contributed by atoms with Gasteiger partial charge in [0.2, 0.25) is 11.0 Å². The van der Waals surface area contributed by atoms with Gasteiger partial charge in [-0.2, -0.15) is 22.5 Å². The van der Waals surface area contributed by atoms with Crippen LogP contribution in [-0.2, 0) is 6.18 Å². The molecule has 1 aliphatic carbocycles. The SMILES string of the molecule is CC(C)CN(c1ccc(-c2ccccc2-c2nnn[nH]2)cc1Nc1nc(C(F)(F)F)ns1)C1CCCCC1. The maximum Gasteiger partial charge on any atom is 0.452 e. The number of nitrogens with zero attached hydrogens (tertiary/aromatic N) is 6. The van der Waals surface area contributed by atoms with Crippen LogP contribution >= 0.6 is 11.5 Å². The maximum atomic E-state index is 13.2. The first-order valence-electron chi connectivity index (χ1n) is 12.7. The molecule has 12 heteroatoms. The van der Waals surface area contributed by atoms with Crippen LogP contribution in [0.3, 0.4) is 0 Å². The topological polar surface area (TPSA) is 95.5 Å². The molecule has 1 fully saturated rings. The molecule has 2 N–H and O–H groups in total. The summed E-state index contributed by atoms with van der Waals surface area (Å²) >= 11 is 0.702. The fraction of sp³-hybridized carbons (Fsp3) is 0.423. The van der Waals surface area contributed by atoms with E-state index in [0.29, 0.717) is 35.0 Å². The minimum absolute atomic E-state index is 0.0941. The van der Waals surface area contributed by atoms with Crippen molar-refractivity contribution in [2.24, 2.45) is 5.92 Å². The van der Waals surface area contributed by atoms with E-state index in [0.717, 1.165) is 41.8 Å². The highest BCUT2D eigenvalue weighted by Gasteiger charge is 2.36. The number of nitrogens with one attached hydrogen (secondary N) is 2. The van der Waals surface area contributed by atoms with Crippen LogP contribution in [0.5, 0.6) is 0 Å². The third-order valence-corrected chi connectivity index (χ3v) is 7.27. The molecular formula is C26H29F3N8S. The Labute approximate surface area is 222 Å². The van der Waals surface area contributed by atoms with Crippen molar-refractivity contribution >= 4 is 28.0 Å². The normalized spacial score (nSPS) is 14.7. The van der Waals surface area contributed by atoms with Crippen LogP contribution in [0.15, 0.2) is 42.5 Å². The van der Waals surface area contributed by atoms with Crippen LogP contribution < -0.4 is 10.2 Å². The quantitative estimate of drug-likeness (QED) is 0.249. The molecule has 0 bridgehead atoms. The zero-order valence-electron chi connectivity index (χ0n) is 21.2. The number of anilines is 3. The lowest BCUT2D eigenvalue weighted by Crippen LogP contribution is -2.39. The number of halogens is 3. The van der Waals surface area contributed by atoms with Gasteiger partial charge in [-0.3, -0.25) is 0 Å². The molecule has 2 aromatic heterocycles. The lowest BCUT2D eigenvalue weighted by molar-refractivity contribution is -0.144. The molecule has 5 rings (SSSR count). The largest absolute Gasteiger partial charge is 0.452 e. The van der Waals surface area contributed by atoms with Crippen LogP contribution in [0.1, 0.15) is 51.8 Å². The van der Waals surface area contributed by atoms with Crippen LogP contribution in [0.2, 0.25) is 0 Å². The number of aromatic nitrogens is 6. The van der Waals surface area contributed by atoms with Gasteiger partial charge in [0.15, 0.2) is 5.82 Å². The summed E-state index contributed by atoms with van der Waals surface area (Å²) in [6, 6.07) is 14.1. The minimum Gasteiger partial charge on any atom is -0.367 e. The molecule has 0 unspecified atom stereocenters. The number of H-pyrrole nitrogens is 1. The monoisotopic (exact) mass is 542 g/mol. The zero-order chi connectivity index (χ0) is 26.7. The maximum absolute atomic E-state index is 13.2. The van der Waals surface area contributed by atoms with Crippen LogP contribution in [0.25, 0.3) is 22.5 Å². The molecule has 1 aliphatic rings. The van der Waals surface area contributed by atoms with Crippen molar-refractivity contribution in [2.75, 3.05) is 16.8 Å². The summed E-state index contributed by atoms with van der Waals surface area (Å²) in [4.78, 5) is 6.14. The van der Waals surface area contributed by atoms with E-state index < -0.39 is 12.0 Å². The van der Waals surface area contributed by atoms with Crippen molar-refractivity contribution in [3.8, 4) is 22.5 Å². The van der Waals surface area contributed by atoms with E-state index in [1.165, 1.54) is 19.3 Å². The molecule has 8 nitrogen and oxygen atoms in total. The van der Waals surface area contributed by atoms with Gasteiger partial charge < -0.3 is 10.2 Å². The Kier molecular flexibility index (Phi) is 7.59. The number of rotatable bonds is 8. The fourth-order valence-electron chi connectivity index (χ4n) is 5.00. The van der Waals surface area contributed by atoms with Crippen molar-refractivity contribution in [1.29, 1.82) is 0 Å². The summed E-state index contributed by atoms with van der Waals surface area (Å²) < 4.78 is 43.2. The van der Waals surface area contributed by atoms with E-state index in [1.807, 2.05) is 36.4 Å². The fourth-order valence-corrected chi connectivity index (χ4v) is 5.60. The number of aromatic amines is 1. The molecule has 200 valence electrons. The second kappa shape index (κ2) is 11.1. The second-order valence-corrected chi connectivity index (χ2v) is 10.7. The summed E-state index contributed by atoms with van der Waals surface area (Å²) in [7, 11) is 0. The third kappa shape index (κ3) is 5.79. The Morgan fingerprint density at radius 3 is 2.50 bits per heavy atom. The molecular weight excluding hydrogens is 513 g/mol. The lowest BCUT2D eigenvalue weighted by Gasteiger charge is -2.38. The van der Waals surface area contributed by atoms with Gasteiger partial charge in [0, 0.05) is 29.7 Å². The van der Waals surface area contributed by atoms with Crippen LogP contribution in [-0.4, -0.2) is 42.6 Å². The number of hydrogen-bond acceptors (Lipinski definition) is 8. The van der Waals surface area contributed by atoms with E-state index in [-0.39, 0.29) is 5.13 Å². The molecule has 0 amide bonds. The first-order chi connectivity index (χ1) is 18.3. The highest BCUT2D eigenvalue weighted by molar-refractivity contribution is 7.09. The molecule has 4 aromatic rings. The average Bonchev–Trinajstić information content (AvgIpc) is 3.61. The number of alkyl halides is 3. The summed E-state index contributed by atoms with van der Waals surface area (Å²) in [6.07, 6.45) is 1.15. The molecule has 0 aliphatic heterocycles. The van der Waals surface area contributed by atoms with Crippen LogP contribution in [0, 0.1) is 5.92 Å². The molecule has 0 radical (unpaired) electrons. The van der Waals surface area contributed by atoms with Crippen molar-refractivity contribution in [2.45, 2.75) is 58.2 Å². The first kappa shape index (κ1) is 26.1. The second-order valence-electron chi connectivity index (χ2n) is 9.91. The number of tetrazole rings is 1. The summed E-state index contributed by atoms with van der Waals surface area (Å²) in [5, 5.41) is 17.5. The Balaban J connectivity index is 1.60. The highest BCUT2D eigenvalue weighted by Crippen LogP contribution is 2.40. The van der Waals surface area contributed by atoms with Crippen molar-refractivity contribution in [3.05, 3.63) is 48.3 Å². The van der Waals surface area contributed by atoms with E-state index >= 15 is 0 Å². The molecule has 0 atom stereocenters. The summed E-state index contributed by atoms with van der Waals surface area (Å²) in [5.74, 6) is -0.207. The number of benzene rings is 2.